The van der Waals surface area contributed by atoms with Crippen molar-refractivity contribution < 1.29 is 75.4 Å². The normalized spacial score (nSPS) is 28.7. The molecule has 0 aromatic carbocycles. The Morgan fingerprint density at radius 1 is 0.935 bits per heavy atom. The van der Waals surface area contributed by atoms with Crippen molar-refractivity contribution in [2.75, 3.05) is 12.3 Å². The molecule has 1 spiro atoms. The third-order valence-corrected chi connectivity index (χ3v) is 10.0. The van der Waals surface area contributed by atoms with Gasteiger partial charge in [-0.05, 0) is 0 Å². The summed E-state index contributed by atoms with van der Waals surface area (Å²) in [6, 6.07) is 0. The van der Waals surface area contributed by atoms with Crippen molar-refractivity contribution in [2.45, 2.75) is 30.3 Å². The molecule has 2 aliphatic heterocycles. The maximum Gasteiger partial charge on any atom is 0.490 e. The Labute approximate surface area is 251 Å². The molecule has 2 aromatic heterocycles. The minimum Gasteiger partial charge on any atom is -0.612 e. The number of fused-ring (bicyclic) bond motifs is 2. The summed E-state index contributed by atoms with van der Waals surface area (Å²) in [5.41, 5.74) is 2.07. The number of hydrogen-bond donors (Lipinski definition) is 5. The Balaban J connectivity index is 1.54. The van der Waals surface area contributed by atoms with E-state index in [4.69, 9.17) is 29.7 Å². The fourth-order valence-electron chi connectivity index (χ4n) is 4.61. The third-order valence-electron chi connectivity index (χ3n) is 6.22. The van der Waals surface area contributed by atoms with E-state index in [2.05, 4.69) is 28.1 Å². The molecule has 2 unspecified atom stereocenters. The summed E-state index contributed by atoms with van der Waals surface area (Å²) < 4.78 is 65.2. The van der Waals surface area contributed by atoms with Gasteiger partial charge in [-0.1, -0.05) is 0 Å². The predicted octanol–water partition coefficient (Wildman–Crippen LogP) is -1.09. The summed E-state index contributed by atoms with van der Waals surface area (Å²) in [5.74, 6) is -3.17. The molecule has 6 N–H and O–H groups in total. The first-order valence-electron chi connectivity index (χ1n) is 11.7. The second kappa shape index (κ2) is 11.5. The molecule has 4 heterocycles. The van der Waals surface area contributed by atoms with Gasteiger partial charge in [0.2, 0.25) is 5.71 Å². The smallest absolute Gasteiger partial charge is 0.490 e. The molecule has 2 aromatic rings. The first-order chi connectivity index (χ1) is 21.2. The Bertz CT molecular complexity index is 1830. The lowest BCUT2D eigenvalue weighted by molar-refractivity contribution is -0.499. The van der Waals surface area contributed by atoms with Gasteiger partial charge in [0.25, 0.3) is 0 Å². The summed E-state index contributed by atoms with van der Waals surface area (Å²) in [6.07, 6.45) is -3.91. The number of aromatic nitrogens is 4. The van der Waals surface area contributed by atoms with Gasteiger partial charge in [-0.15, -0.1) is 0 Å². The molecule has 0 saturated carbocycles. The monoisotopic (exact) mass is 717 g/mol. The van der Waals surface area contributed by atoms with E-state index >= 15 is 0 Å². The van der Waals surface area contributed by atoms with Crippen LogP contribution in [-0.2, 0) is 41.1 Å². The molecule has 5 rings (SSSR count). The maximum absolute atomic E-state index is 12.4. The van der Waals surface area contributed by atoms with Crippen LogP contribution < -0.4 is 5.73 Å². The molecule has 30 heteroatoms. The lowest BCUT2D eigenvalue weighted by Crippen LogP contribution is -2.46. The van der Waals surface area contributed by atoms with Crippen LogP contribution >= 0.6 is 23.5 Å². The van der Waals surface area contributed by atoms with Gasteiger partial charge in [-0.3, -0.25) is 29.3 Å². The quantitative estimate of drug-likeness (QED) is 0.0843. The number of hydrogen-bond acceptors (Lipinski definition) is 19. The van der Waals surface area contributed by atoms with Crippen LogP contribution in [0.15, 0.2) is 36.2 Å². The number of nitro groups is 2. The topological polar surface area (TPSA) is 393 Å². The zero-order chi connectivity index (χ0) is 34.0. The van der Waals surface area contributed by atoms with Gasteiger partial charge >= 0.3 is 40.6 Å². The van der Waals surface area contributed by atoms with Crippen molar-refractivity contribution in [1.82, 2.24) is 19.5 Å². The van der Waals surface area contributed by atoms with Gasteiger partial charge in [0.1, 0.15) is 30.2 Å². The second-order valence-corrected chi connectivity index (χ2v) is 13.5. The highest BCUT2D eigenvalue weighted by Crippen LogP contribution is 2.66. The molecule has 2 saturated heterocycles. The van der Waals surface area contributed by atoms with Crippen molar-refractivity contribution in [3.8, 4) is 0 Å². The first kappa shape index (κ1) is 33.6. The van der Waals surface area contributed by atoms with Gasteiger partial charge < -0.3 is 49.9 Å². The largest absolute Gasteiger partial charge is 0.612 e. The van der Waals surface area contributed by atoms with Crippen molar-refractivity contribution in [3.63, 3.8) is 0 Å². The van der Waals surface area contributed by atoms with E-state index in [9.17, 15) is 54.1 Å². The zero-order valence-electron chi connectivity index (χ0n) is 21.8. The minimum atomic E-state index is -5.94. The van der Waals surface area contributed by atoms with E-state index in [1.807, 2.05) is 0 Å². The van der Waals surface area contributed by atoms with Crippen LogP contribution in [0.1, 0.15) is 6.23 Å². The van der Waals surface area contributed by atoms with Crippen LogP contribution in [0.25, 0.3) is 11.2 Å². The fourth-order valence-corrected chi connectivity index (χ4v) is 7.64. The number of phosphoric ester groups is 1. The molecular formula is C16H16N8O19P3-. The predicted molar refractivity (Wildman–Crippen MR) is 138 cm³/mol. The summed E-state index contributed by atoms with van der Waals surface area (Å²) >= 11 is 0. The van der Waals surface area contributed by atoms with Gasteiger partial charge in [-0.2, -0.15) is 13.5 Å². The van der Waals surface area contributed by atoms with Crippen molar-refractivity contribution in [2.24, 2.45) is 0 Å². The number of imidazole rings is 1. The molecule has 3 aliphatic rings. The maximum atomic E-state index is 12.4. The van der Waals surface area contributed by atoms with E-state index in [-0.39, 0.29) is 17.0 Å². The van der Waals surface area contributed by atoms with E-state index in [1.165, 1.54) is 0 Å². The molecule has 0 amide bonds. The van der Waals surface area contributed by atoms with E-state index < -0.39 is 92.3 Å². The summed E-state index contributed by atoms with van der Waals surface area (Å²) in [4.78, 5) is 69.0. The zero-order valence-corrected chi connectivity index (χ0v) is 24.5. The van der Waals surface area contributed by atoms with Crippen molar-refractivity contribution >= 4 is 46.2 Å². The molecule has 46 heavy (non-hydrogen) atoms. The van der Waals surface area contributed by atoms with Crippen LogP contribution in [0.2, 0.25) is 0 Å². The Morgan fingerprint density at radius 2 is 1.54 bits per heavy atom. The molecule has 1 aliphatic carbocycles. The second-order valence-electron chi connectivity index (χ2n) is 9.07. The van der Waals surface area contributed by atoms with Gasteiger partial charge in [0.15, 0.2) is 17.7 Å². The number of phosphoric acid groups is 3. The van der Waals surface area contributed by atoms with E-state index in [0.29, 0.717) is 12.2 Å². The standard InChI is InChI=1S/C16H16N8O19P3/c17-13-10-14(19-4-18-13)21(5-20-10)15-12-11(7(39-15)3-38-45(34,35)43-46(36,37)42-44(31,32)33)40-16(41-12)8(23(27)28)1-6(22(25)26)2-9(16)24(29)30/h1-2,4-5,7,11-12,15H,3H2,(H6-,17,18,19,25,26,31,32,33,34,35,36,37)/q-1/t7-,11-,12-,15-/m1/s1. The average molecular weight is 717 g/mol. The van der Waals surface area contributed by atoms with Crippen LogP contribution in [0.4, 0.5) is 5.82 Å². The highest BCUT2D eigenvalue weighted by molar-refractivity contribution is 7.66. The lowest BCUT2D eigenvalue weighted by Gasteiger charge is -2.28. The van der Waals surface area contributed by atoms with Crippen molar-refractivity contribution in [1.29, 1.82) is 0 Å². The van der Waals surface area contributed by atoms with E-state index in [0.717, 1.165) is 17.2 Å². The number of rotatable bonds is 10. The van der Waals surface area contributed by atoms with Crippen LogP contribution in [0, 0.1) is 30.6 Å². The van der Waals surface area contributed by atoms with Crippen LogP contribution in [-0.4, -0.2) is 90.3 Å². The van der Waals surface area contributed by atoms with Gasteiger partial charge in [-0.25, -0.2) is 28.6 Å². The average Bonchev–Trinajstić information content (AvgIpc) is 3.58. The fraction of sp³-hybridized carbons (Fsp3) is 0.375. The molecular weight excluding hydrogens is 701 g/mol. The number of allylic oxidation sites excluding steroid dienone is 2. The Hall–Kier alpha value is -3.81. The number of anilines is 1. The highest BCUT2D eigenvalue weighted by Gasteiger charge is 2.70. The first-order valence-corrected chi connectivity index (χ1v) is 16.2. The third kappa shape index (κ3) is 6.27. The lowest BCUT2D eigenvalue weighted by atomic mass is 10.0. The summed E-state index contributed by atoms with van der Waals surface area (Å²) in [6.45, 7) is -1.20. The SMILES string of the molecule is Nc1ncnc2c1ncn2[C@@H]1O[C@H](COP(=O)(O)OP(=O)(O)OP(=O)(O)O)[C@H]2OC3(O[C@H]21)C([N+](=O)[O-])=CC(=[N+]([O-])[O-])C=C3[N+](=O)[O-]. The number of ether oxygens (including phenoxy) is 3. The molecule has 2 fully saturated rings. The minimum absolute atomic E-state index is 0.00707. The summed E-state index contributed by atoms with van der Waals surface area (Å²) in [7, 11) is -17.4. The Morgan fingerprint density at radius 3 is 2.11 bits per heavy atom. The molecule has 27 nitrogen and oxygen atoms in total. The number of nitrogen functional groups attached to an aromatic ring is 1. The van der Waals surface area contributed by atoms with E-state index in [1.54, 1.807) is 0 Å². The van der Waals surface area contributed by atoms with Gasteiger partial charge in [0, 0.05) is 0 Å². The molecule has 250 valence electrons. The molecule has 6 atom stereocenters. The van der Waals surface area contributed by atoms with Crippen molar-refractivity contribution in [3.05, 3.63) is 66.8 Å². The summed E-state index contributed by atoms with van der Waals surface area (Å²) in [5, 5.41) is 46.9. The number of nitrogens with zero attached hydrogens (tertiary/aromatic N) is 7. The van der Waals surface area contributed by atoms with Crippen LogP contribution in [0.5, 0.6) is 0 Å². The number of nitrogens with two attached hydrogens (primary N) is 1. The van der Waals surface area contributed by atoms with Crippen LogP contribution in [0.3, 0.4) is 0 Å². The molecule has 0 bridgehead atoms. The molecule has 0 radical (unpaired) electrons. The highest BCUT2D eigenvalue weighted by atomic mass is 31.3. The van der Waals surface area contributed by atoms with Gasteiger partial charge in [0.05, 0.1) is 34.9 Å². The Kier molecular flexibility index (Phi) is 8.36.